The predicted molar refractivity (Wildman–Crippen MR) is 62.8 cm³/mol. The van der Waals surface area contributed by atoms with Crippen molar-refractivity contribution in [3.63, 3.8) is 0 Å². The van der Waals surface area contributed by atoms with Crippen LogP contribution < -0.4 is 0 Å². The van der Waals surface area contributed by atoms with E-state index in [2.05, 4.69) is 6.92 Å². The van der Waals surface area contributed by atoms with E-state index in [1.165, 1.54) is 38.5 Å². The highest BCUT2D eigenvalue weighted by atomic mass is 27.2. The maximum Gasteiger partial charge on any atom is 0.261 e. The standard InChI is InChI=1S/C10H20.C2H5.Al/c1-3-5-7-9-10-8-6-4-2;1-2;/h1-10H2;1H2,2H3;. The van der Waals surface area contributed by atoms with E-state index in [1.54, 1.807) is 28.7 Å². The van der Waals surface area contributed by atoms with E-state index in [9.17, 15) is 0 Å². The first-order valence-electron chi connectivity index (χ1n) is 6.43. The summed E-state index contributed by atoms with van der Waals surface area (Å²) < 4.78 is 0. The number of hydrogen-bond acceptors (Lipinski definition) is 0. The highest BCUT2D eigenvalue weighted by Gasteiger charge is 2.13. The molecule has 1 saturated heterocycles. The van der Waals surface area contributed by atoms with Gasteiger partial charge in [0.2, 0.25) is 0 Å². The molecule has 0 aromatic heterocycles. The summed E-state index contributed by atoms with van der Waals surface area (Å²) in [4.78, 5) is 0. The van der Waals surface area contributed by atoms with Crippen molar-refractivity contribution in [2.45, 2.75) is 74.1 Å². The third-order valence-corrected chi connectivity index (χ3v) is 7.16. The van der Waals surface area contributed by atoms with Crippen LogP contribution in [0, 0.1) is 0 Å². The zero-order valence-corrected chi connectivity index (χ0v) is 10.5. The maximum absolute atomic E-state index is 2.43. The molecule has 76 valence electrons. The van der Waals surface area contributed by atoms with Crippen LogP contribution in [-0.4, -0.2) is 14.1 Å². The van der Waals surface area contributed by atoms with Crippen LogP contribution >= 0.6 is 0 Å². The molecule has 0 spiro atoms. The van der Waals surface area contributed by atoms with Crippen LogP contribution in [0.25, 0.3) is 0 Å². The van der Waals surface area contributed by atoms with Gasteiger partial charge in [-0.25, -0.2) is 0 Å². The molecule has 0 aromatic rings. The molecule has 0 nitrogen and oxygen atoms in total. The zero-order chi connectivity index (χ0) is 9.36. The molecule has 0 atom stereocenters. The van der Waals surface area contributed by atoms with Crippen LogP contribution in [0.15, 0.2) is 0 Å². The number of hydrogen-bond donors (Lipinski definition) is 0. The Labute approximate surface area is 88.5 Å². The molecule has 0 amide bonds. The highest BCUT2D eigenvalue weighted by Crippen LogP contribution is 2.19. The average molecular weight is 196 g/mol. The van der Waals surface area contributed by atoms with E-state index in [0.717, 1.165) is 0 Å². The molecule has 0 aromatic carbocycles. The Morgan fingerprint density at radius 3 is 1.46 bits per heavy atom. The molecule has 0 radical (unpaired) electrons. The third-order valence-electron chi connectivity index (χ3n) is 3.55. The normalized spacial score (nSPS) is 22.4. The van der Waals surface area contributed by atoms with Gasteiger partial charge in [-0.05, 0) is 0 Å². The van der Waals surface area contributed by atoms with Gasteiger partial charge < -0.3 is 0 Å². The Morgan fingerprint density at radius 2 is 1.08 bits per heavy atom. The van der Waals surface area contributed by atoms with Gasteiger partial charge in [-0.1, -0.05) is 74.1 Å². The van der Waals surface area contributed by atoms with Crippen molar-refractivity contribution in [2.24, 2.45) is 0 Å². The molecular weight excluding hydrogens is 171 g/mol. The topological polar surface area (TPSA) is 0 Å². The highest BCUT2D eigenvalue weighted by molar-refractivity contribution is 6.58. The van der Waals surface area contributed by atoms with Crippen molar-refractivity contribution in [1.82, 2.24) is 0 Å². The van der Waals surface area contributed by atoms with E-state index in [1.807, 2.05) is 0 Å². The lowest BCUT2D eigenvalue weighted by atomic mass is 10.1. The molecule has 1 aliphatic rings. The van der Waals surface area contributed by atoms with Gasteiger partial charge in [-0.15, -0.1) is 0 Å². The van der Waals surface area contributed by atoms with E-state index in [-0.39, 0.29) is 14.1 Å². The third kappa shape index (κ3) is 5.76. The number of rotatable bonds is 1. The smallest absolute Gasteiger partial charge is 0.0967 e. The molecule has 1 heteroatoms. The first-order chi connectivity index (χ1) is 6.43. The molecule has 0 saturated carbocycles. The van der Waals surface area contributed by atoms with Crippen molar-refractivity contribution >= 4 is 14.1 Å². The van der Waals surface area contributed by atoms with Crippen LogP contribution in [-0.2, 0) is 0 Å². The lowest BCUT2D eigenvalue weighted by molar-refractivity contribution is 0.590. The molecule has 1 rings (SSSR count). The second-order valence-electron chi connectivity index (χ2n) is 4.68. The molecule has 0 unspecified atom stereocenters. The van der Waals surface area contributed by atoms with Crippen LogP contribution in [0.3, 0.4) is 0 Å². The Balaban J connectivity index is 2.18. The monoisotopic (exact) mass is 196 g/mol. The summed E-state index contributed by atoms with van der Waals surface area (Å²) in [5, 5.41) is 4.85. The fourth-order valence-electron chi connectivity index (χ4n) is 2.48. The van der Waals surface area contributed by atoms with Gasteiger partial charge in [0, 0.05) is 0 Å². The summed E-state index contributed by atoms with van der Waals surface area (Å²) in [6.45, 7) is 2.43. The summed E-state index contributed by atoms with van der Waals surface area (Å²) in [6.07, 6.45) is 12.2. The lowest BCUT2D eigenvalue weighted by Gasteiger charge is -2.07. The van der Waals surface area contributed by atoms with Crippen LogP contribution in [0.2, 0.25) is 15.8 Å². The van der Waals surface area contributed by atoms with Crippen molar-refractivity contribution < 1.29 is 0 Å². The van der Waals surface area contributed by atoms with Crippen molar-refractivity contribution in [3.8, 4) is 0 Å². The minimum absolute atomic E-state index is 0.248. The summed E-state index contributed by atoms with van der Waals surface area (Å²) in [5.74, 6) is 0. The van der Waals surface area contributed by atoms with Crippen molar-refractivity contribution in [2.75, 3.05) is 0 Å². The fourth-order valence-corrected chi connectivity index (χ4v) is 5.32. The first kappa shape index (κ1) is 11.6. The molecule has 0 bridgehead atoms. The first-order valence-corrected chi connectivity index (χ1v) is 8.88. The predicted octanol–water partition coefficient (Wildman–Crippen LogP) is 4.64. The Morgan fingerprint density at radius 1 is 0.692 bits per heavy atom. The largest absolute Gasteiger partial charge is 0.261 e. The van der Waals surface area contributed by atoms with E-state index in [0.29, 0.717) is 0 Å². The summed E-state index contributed by atoms with van der Waals surface area (Å²) in [6, 6.07) is 0. The minimum Gasteiger partial charge on any atom is -0.0967 e. The van der Waals surface area contributed by atoms with Crippen molar-refractivity contribution in [3.05, 3.63) is 0 Å². The molecule has 1 heterocycles. The van der Waals surface area contributed by atoms with Gasteiger partial charge >= 0.3 is 0 Å². The molecule has 1 fully saturated rings. The van der Waals surface area contributed by atoms with Gasteiger partial charge in [0.25, 0.3) is 14.1 Å². The van der Waals surface area contributed by atoms with E-state index < -0.39 is 0 Å². The van der Waals surface area contributed by atoms with Gasteiger partial charge in [0.1, 0.15) is 0 Å². The Hall–Kier alpha value is 0.532. The molecule has 1 aliphatic heterocycles. The van der Waals surface area contributed by atoms with Crippen LogP contribution in [0.4, 0.5) is 0 Å². The lowest BCUT2D eigenvalue weighted by Crippen LogP contribution is -2.09. The zero-order valence-electron chi connectivity index (χ0n) is 9.36. The Kier molecular flexibility index (Phi) is 7.05. The molecule has 0 N–H and O–H groups in total. The fraction of sp³-hybridized carbons (Fsp3) is 1.00. The molecule has 0 aliphatic carbocycles. The van der Waals surface area contributed by atoms with E-state index >= 15 is 0 Å². The Bertz CT molecular complexity index is 99.7. The van der Waals surface area contributed by atoms with Crippen LogP contribution in [0.1, 0.15) is 58.3 Å². The summed E-state index contributed by atoms with van der Waals surface area (Å²) in [5.41, 5.74) is 0. The van der Waals surface area contributed by atoms with Crippen LogP contribution in [0.5, 0.6) is 0 Å². The van der Waals surface area contributed by atoms with Crippen molar-refractivity contribution in [1.29, 1.82) is 0 Å². The van der Waals surface area contributed by atoms with Gasteiger partial charge in [0.05, 0.1) is 0 Å². The van der Waals surface area contributed by atoms with Gasteiger partial charge in [0.15, 0.2) is 0 Å². The van der Waals surface area contributed by atoms with Gasteiger partial charge in [-0.2, -0.15) is 0 Å². The summed E-state index contributed by atoms with van der Waals surface area (Å²) in [7, 11) is 0. The SMILES string of the molecule is C[CH2][Al]1[CH2]CCCCCCCC[CH2]1. The average Bonchev–Trinajstić information content (AvgIpc) is 2.22. The summed E-state index contributed by atoms with van der Waals surface area (Å²) >= 11 is -0.248. The second kappa shape index (κ2) is 7.89. The second-order valence-corrected chi connectivity index (χ2v) is 8.38. The molecular formula is C12H25Al. The van der Waals surface area contributed by atoms with E-state index in [4.69, 9.17) is 0 Å². The maximum atomic E-state index is 2.43. The quantitative estimate of drug-likeness (QED) is 0.536. The van der Waals surface area contributed by atoms with Gasteiger partial charge in [-0.3, -0.25) is 0 Å². The minimum atomic E-state index is -0.248. The molecule has 13 heavy (non-hydrogen) atoms.